The Bertz CT molecular complexity index is 1190. The summed E-state index contributed by atoms with van der Waals surface area (Å²) in [5.41, 5.74) is 0.564. The molecular formula is C24H25ClN2O3S. The largest absolute Gasteiger partial charge is 0.419 e. The second-order valence-electron chi connectivity index (χ2n) is 8.72. The number of nitrogens with zero attached hydrogens (tertiary/aromatic N) is 1. The summed E-state index contributed by atoms with van der Waals surface area (Å²) in [4.78, 5) is 4.60. The van der Waals surface area contributed by atoms with E-state index >= 15 is 0 Å². The lowest BCUT2D eigenvalue weighted by atomic mass is 9.84. The number of nitrogens with one attached hydrogen (secondary N) is 1. The Balaban J connectivity index is 1.55. The van der Waals surface area contributed by atoms with Gasteiger partial charge in [0.15, 0.2) is 0 Å². The molecule has 3 aromatic rings. The molecule has 0 aliphatic heterocycles. The summed E-state index contributed by atoms with van der Waals surface area (Å²) in [5, 5.41) is 3.74. The summed E-state index contributed by atoms with van der Waals surface area (Å²) in [7, 11) is -3.86. The lowest BCUT2D eigenvalue weighted by Crippen LogP contribution is -2.30. The van der Waals surface area contributed by atoms with Crippen LogP contribution in [0.4, 0.5) is 5.88 Å². The van der Waals surface area contributed by atoms with E-state index in [4.69, 9.17) is 16.0 Å². The van der Waals surface area contributed by atoms with E-state index in [2.05, 4.69) is 17.2 Å². The number of hydrogen-bond donors (Lipinski definition) is 1. The molecular weight excluding hydrogens is 432 g/mol. The molecule has 0 unspecified atom stereocenters. The average Bonchev–Trinajstić information content (AvgIpc) is 3.51. The van der Waals surface area contributed by atoms with Crippen molar-refractivity contribution in [2.24, 2.45) is 17.8 Å². The number of aromatic nitrogens is 1. The predicted molar refractivity (Wildman–Crippen MR) is 121 cm³/mol. The van der Waals surface area contributed by atoms with Gasteiger partial charge >= 0.3 is 0 Å². The van der Waals surface area contributed by atoms with Crippen LogP contribution in [0.25, 0.3) is 11.5 Å². The molecule has 7 heteroatoms. The van der Waals surface area contributed by atoms with Gasteiger partial charge in [0.25, 0.3) is 0 Å². The zero-order valence-corrected chi connectivity index (χ0v) is 18.9. The molecule has 31 heavy (non-hydrogen) atoms. The van der Waals surface area contributed by atoms with Gasteiger partial charge < -0.3 is 9.73 Å². The van der Waals surface area contributed by atoms with Gasteiger partial charge in [0.05, 0.1) is 15.5 Å². The van der Waals surface area contributed by atoms with Crippen LogP contribution in [0.3, 0.4) is 0 Å². The first-order chi connectivity index (χ1) is 14.9. The van der Waals surface area contributed by atoms with Crippen LogP contribution in [-0.4, -0.2) is 19.4 Å². The van der Waals surface area contributed by atoms with Crippen LogP contribution in [0.2, 0.25) is 5.02 Å². The third-order valence-electron chi connectivity index (χ3n) is 6.80. The van der Waals surface area contributed by atoms with Gasteiger partial charge in [-0.3, -0.25) is 0 Å². The minimum atomic E-state index is -3.86. The highest BCUT2D eigenvalue weighted by Crippen LogP contribution is 2.50. The highest BCUT2D eigenvalue weighted by Gasteiger charge is 2.42. The molecule has 1 aromatic heterocycles. The zero-order valence-electron chi connectivity index (χ0n) is 17.3. The average molecular weight is 457 g/mol. The standard InChI is InChI=1S/C24H25ClN2O3S/c1-15(20-14-16-11-12-17(20)13-16)26-23-24(31(28,29)18-7-3-2-4-8-18)27-22(30-23)19-9-5-6-10-21(19)25/h2-10,15-17,20,26H,11-14H2,1H3/t15-,16-,17-,20-/m0/s1. The second kappa shape index (κ2) is 7.99. The maximum absolute atomic E-state index is 13.4. The lowest BCUT2D eigenvalue weighted by molar-refractivity contribution is 0.301. The Hall–Kier alpha value is -2.31. The molecule has 1 heterocycles. The number of benzene rings is 2. The van der Waals surface area contributed by atoms with E-state index < -0.39 is 9.84 Å². The summed E-state index contributed by atoms with van der Waals surface area (Å²) in [6.07, 6.45) is 5.05. The Morgan fingerprint density at radius 2 is 1.81 bits per heavy atom. The van der Waals surface area contributed by atoms with Gasteiger partial charge in [-0.15, -0.1) is 0 Å². The molecule has 5 rings (SSSR count). The van der Waals surface area contributed by atoms with Crippen LogP contribution >= 0.6 is 11.6 Å². The van der Waals surface area contributed by atoms with E-state index in [0.29, 0.717) is 22.4 Å². The van der Waals surface area contributed by atoms with Crippen molar-refractivity contribution >= 4 is 27.3 Å². The fourth-order valence-corrected chi connectivity index (χ4v) is 6.76. The van der Waals surface area contributed by atoms with Crippen molar-refractivity contribution in [1.82, 2.24) is 4.98 Å². The molecule has 2 aliphatic carbocycles. The first kappa shape index (κ1) is 20.6. The Labute approximate surface area is 187 Å². The molecule has 0 radical (unpaired) electrons. The maximum atomic E-state index is 13.4. The van der Waals surface area contributed by atoms with Crippen molar-refractivity contribution in [2.75, 3.05) is 5.32 Å². The molecule has 5 nitrogen and oxygen atoms in total. The summed E-state index contributed by atoms with van der Waals surface area (Å²) in [5.74, 6) is 2.41. The van der Waals surface area contributed by atoms with Crippen LogP contribution in [0.15, 0.2) is 68.9 Å². The second-order valence-corrected chi connectivity index (χ2v) is 11.0. The quantitative estimate of drug-likeness (QED) is 0.487. The molecule has 1 N–H and O–H groups in total. The molecule has 2 bridgehead atoms. The van der Waals surface area contributed by atoms with E-state index in [0.717, 1.165) is 5.92 Å². The predicted octanol–water partition coefficient (Wildman–Crippen LogP) is 6.06. The molecule has 4 atom stereocenters. The topological polar surface area (TPSA) is 72.2 Å². The minimum absolute atomic E-state index is 0.0899. The van der Waals surface area contributed by atoms with Gasteiger partial charge in [-0.05, 0) is 68.2 Å². The van der Waals surface area contributed by atoms with Crippen molar-refractivity contribution in [3.8, 4) is 11.5 Å². The smallest absolute Gasteiger partial charge is 0.234 e. The van der Waals surface area contributed by atoms with Gasteiger partial charge in [0.2, 0.25) is 26.6 Å². The molecule has 0 spiro atoms. The highest BCUT2D eigenvalue weighted by molar-refractivity contribution is 7.91. The number of anilines is 1. The third kappa shape index (κ3) is 3.76. The Kier molecular flexibility index (Phi) is 5.30. The summed E-state index contributed by atoms with van der Waals surface area (Å²) in [6.45, 7) is 2.11. The molecule has 2 saturated carbocycles. The maximum Gasteiger partial charge on any atom is 0.234 e. The number of hydrogen-bond acceptors (Lipinski definition) is 5. The Morgan fingerprint density at radius 1 is 1.06 bits per heavy atom. The van der Waals surface area contributed by atoms with Crippen molar-refractivity contribution in [3.63, 3.8) is 0 Å². The molecule has 0 saturated heterocycles. The summed E-state index contributed by atoms with van der Waals surface area (Å²) < 4.78 is 32.9. The van der Waals surface area contributed by atoms with Gasteiger partial charge in [0, 0.05) is 6.04 Å². The fraction of sp³-hybridized carbons (Fsp3) is 0.375. The summed E-state index contributed by atoms with van der Waals surface area (Å²) >= 11 is 6.33. The van der Waals surface area contributed by atoms with Crippen molar-refractivity contribution in [3.05, 3.63) is 59.6 Å². The van der Waals surface area contributed by atoms with Gasteiger partial charge in [-0.25, -0.2) is 8.42 Å². The van der Waals surface area contributed by atoms with Gasteiger partial charge in [-0.1, -0.05) is 48.4 Å². The number of oxazole rings is 1. The normalized spacial score (nSPS) is 23.7. The molecule has 2 aromatic carbocycles. The van der Waals surface area contributed by atoms with Crippen LogP contribution < -0.4 is 5.32 Å². The monoisotopic (exact) mass is 456 g/mol. The minimum Gasteiger partial charge on any atom is -0.419 e. The van der Waals surface area contributed by atoms with Crippen LogP contribution in [0, 0.1) is 17.8 Å². The van der Waals surface area contributed by atoms with Crippen molar-refractivity contribution in [2.45, 2.75) is 48.6 Å². The van der Waals surface area contributed by atoms with Gasteiger partial charge in [-0.2, -0.15) is 4.98 Å². The van der Waals surface area contributed by atoms with Crippen molar-refractivity contribution < 1.29 is 12.8 Å². The third-order valence-corrected chi connectivity index (χ3v) is 8.81. The van der Waals surface area contributed by atoms with E-state index in [1.54, 1.807) is 42.5 Å². The molecule has 2 fully saturated rings. The van der Waals surface area contributed by atoms with Crippen LogP contribution in [-0.2, 0) is 9.84 Å². The summed E-state index contributed by atoms with van der Waals surface area (Å²) in [6, 6.07) is 15.6. The fourth-order valence-electron chi connectivity index (χ4n) is 5.26. The SMILES string of the molecule is C[C@H](Nc1oc(-c2ccccc2Cl)nc1S(=O)(=O)c1ccccc1)[C@@H]1C[C@H]2CC[C@H]1C2. The van der Waals surface area contributed by atoms with Crippen molar-refractivity contribution in [1.29, 1.82) is 0 Å². The van der Waals surface area contributed by atoms with E-state index in [9.17, 15) is 8.42 Å². The first-order valence-electron chi connectivity index (χ1n) is 10.8. The van der Waals surface area contributed by atoms with Crippen LogP contribution in [0.1, 0.15) is 32.6 Å². The van der Waals surface area contributed by atoms with E-state index in [1.807, 2.05) is 12.1 Å². The lowest BCUT2D eigenvalue weighted by Gasteiger charge is -2.28. The number of sulfone groups is 1. The highest BCUT2D eigenvalue weighted by atomic mass is 35.5. The van der Waals surface area contributed by atoms with Gasteiger partial charge in [0.1, 0.15) is 0 Å². The number of rotatable bonds is 6. The molecule has 2 aliphatic rings. The van der Waals surface area contributed by atoms with Crippen LogP contribution in [0.5, 0.6) is 0 Å². The van der Waals surface area contributed by atoms with E-state index in [-0.39, 0.29) is 27.7 Å². The molecule has 0 amide bonds. The molecule has 162 valence electrons. The first-order valence-corrected chi connectivity index (χ1v) is 12.6. The Morgan fingerprint density at radius 3 is 2.48 bits per heavy atom. The number of fused-ring (bicyclic) bond motifs is 2. The zero-order chi connectivity index (χ0) is 21.6. The van der Waals surface area contributed by atoms with E-state index in [1.165, 1.54) is 25.7 Å². The number of halogens is 1.